The van der Waals surface area contributed by atoms with Crippen molar-refractivity contribution in [2.24, 2.45) is 10.7 Å². The number of amidine groups is 1. The molecular weight excluding hydrogens is 789 g/mol. The van der Waals surface area contributed by atoms with Crippen LogP contribution in [0.2, 0.25) is 0 Å². The maximum Gasteiger partial charge on any atom is 0.125 e. The number of aromatic nitrogens is 2. The highest BCUT2D eigenvalue weighted by molar-refractivity contribution is 6.13. The van der Waals surface area contributed by atoms with Gasteiger partial charge in [-0.2, -0.15) is 0 Å². The van der Waals surface area contributed by atoms with Crippen LogP contribution in [-0.2, 0) is 0 Å². The molecule has 0 aliphatic rings. The van der Waals surface area contributed by atoms with Crippen LogP contribution in [0, 0.1) is 0 Å². The maximum absolute atomic E-state index is 5.54. The fraction of sp³-hybridized carbons (Fsp3) is 0.0656. The predicted molar refractivity (Wildman–Crippen MR) is 281 cm³/mol. The largest absolute Gasteiger partial charge is 0.384 e. The molecule has 0 radical (unpaired) electrons. The number of hydrogen-bond acceptors (Lipinski definition) is 1. The molecule has 0 amide bonds. The second-order valence-electron chi connectivity index (χ2n) is 16.4. The van der Waals surface area contributed by atoms with Crippen molar-refractivity contribution in [3.63, 3.8) is 0 Å². The Morgan fingerprint density at radius 2 is 1.09 bits per heavy atom. The number of nitrogens with two attached hydrogens (primary N) is 1. The zero-order valence-electron chi connectivity index (χ0n) is 37.2. The van der Waals surface area contributed by atoms with Gasteiger partial charge in [0, 0.05) is 51.5 Å². The highest BCUT2D eigenvalue weighted by Crippen LogP contribution is 2.39. The summed E-state index contributed by atoms with van der Waals surface area (Å²) in [6, 6.07) is 70.9. The van der Waals surface area contributed by atoms with Gasteiger partial charge in [-0.1, -0.05) is 202 Å². The molecule has 10 rings (SSSR count). The zero-order chi connectivity index (χ0) is 44.9. The van der Waals surface area contributed by atoms with Gasteiger partial charge in [0.25, 0.3) is 0 Å². The second-order valence-corrected chi connectivity index (χ2v) is 16.4. The number of benzene rings is 8. The van der Waals surface area contributed by atoms with E-state index in [4.69, 9.17) is 5.73 Å². The number of allylic oxidation sites excluding steroid dienone is 6. The highest BCUT2D eigenvalue weighted by Gasteiger charge is 2.18. The van der Waals surface area contributed by atoms with Gasteiger partial charge in [-0.3, -0.25) is 4.99 Å². The van der Waals surface area contributed by atoms with Crippen LogP contribution in [0.25, 0.3) is 77.3 Å². The number of para-hydroxylation sites is 2. The van der Waals surface area contributed by atoms with Crippen LogP contribution in [0.15, 0.2) is 237 Å². The summed E-state index contributed by atoms with van der Waals surface area (Å²) in [7, 11) is 1.68. The van der Waals surface area contributed by atoms with Crippen molar-refractivity contribution in [1.29, 1.82) is 0 Å². The lowest BCUT2D eigenvalue weighted by atomic mass is 9.88. The monoisotopic (exact) mass is 840 g/mol. The summed E-state index contributed by atoms with van der Waals surface area (Å²) in [4.78, 5) is 3.85. The molecule has 0 aliphatic carbocycles. The quantitative estimate of drug-likeness (QED) is 0.0832. The third-order valence-corrected chi connectivity index (χ3v) is 12.5. The van der Waals surface area contributed by atoms with E-state index in [1.54, 1.807) is 7.05 Å². The molecule has 2 aromatic heterocycles. The molecule has 8 aromatic carbocycles. The van der Waals surface area contributed by atoms with E-state index in [9.17, 15) is 0 Å². The molecule has 65 heavy (non-hydrogen) atoms. The minimum atomic E-state index is 0.186. The summed E-state index contributed by atoms with van der Waals surface area (Å²) in [5.41, 5.74) is 21.7. The van der Waals surface area contributed by atoms with E-state index in [2.05, 4.69) is 217 Å². The number of aliphatic imine (C=N–C) groups is 1. The van der Waals surface area contributed by atoms with Crippen LogP contribution in [0.5, 0.6) is 0 Å². The minimum absolute atomic E-state index is 0.186. The molecular formula is C61H52N4. The van der Waals surface area contributed by atoms with Crippen molar-refractivity contribution in [1.82, 2.24) is 9.13 Å². The molecule has 0 spiro atoms. The Hall–Kier alpha value is -8.21. The van der Waals surface area contributed by atoms with Crippen LogP contribution >= 0.6 is 0 Å². The molecule has 4 heteroatoms. The lowest BCUT2D eigenvalue weighted by Crippen LogP contribution is -2.12. The Morgan fingerprint density at radius 1 is 0.538 bits per heavy atom. The first-order valence-electron chi connectivity index (χ1n) is 22.1. The van der Waals surface area contributed by atoms with Crippen molar-refractivity contribution < 1.29 is 0 Å². The lowest BCUT2D eigenvalue weighted by molar-refractivity contribution is 0.992. The lowest BCUT2D eigenvalue weighted by Gasteiger charge is -2.17. The van der Waals surface area contributed by atoms with Gasteiger partial charge in [-0.05, 0) is 82.3 Å². The summed E-state index contributed by atoms with van der Waals surface area (Å²) < 4.78 is 4.83. The smallest absolute Gasteiger partial charge is 0.125 e. The molecule has 0 fully saturated rings. The van der Waals surface area contributed by atoms with E-state index in [0.29, 0.717) is 5.84 Å². The second kappa shape index (κ2) is 18.6. The molecule has 10 aromatic rings. The zero-order valence-corrected chi connectivity index (χ0v) is 37.2. The van der Waals surface area contributed by atoms with Crippen LogP contribution in [0.3, 0.4) is 0 Å². The average Bonchev–Trinajstić information content (AvgIpc) is 3.89. The van der Waals surface area contributed by atoms with Gasteiger partial charge >= 0.3 is 0 Å². The fourth-order valence-corrected chi connectivity index (χ4v) is 8.93. The van der Waals surface area contributed by atoms with E-state index in [1.807, 2.05) is 42.5 Å². The molecule has 4 nitrogen and oxygen atoms in total. The van der Waals surface area contributed by atoms with Gasteiger partial charge in [0.2, 0.25) is 0 Å². The molecule has 0 saturated carbocycles. The molecule has 316 valence electrons. The molecule has 2 heterocycles. The topological polar surface area (TPSA) is 48.2 Å². The summed E-state index contributed by atoms with van der Waals surface area (Å²) in [6.07, 6.45) is 6.31. The van der Waals surface area contributed by atoms with E-state index >= 15 is 0 Å². The Balaban J connectivity index is 0.000000473. The van der Waals surface area contributed by atoms with Crippen molar-refractivity contribution in [3.05, 3.63) is 254 Å². The van der Waals surface area contributed by atoms with Crippen LogP contribution < -0.4 is 5.73 Å². The van der Waals surface area contributed by atoms with Gasteiger partial charge in [0.15, 0.2) is 0 Å². The van der Waals surface area contributed by atoms with E-state index < -0.39 is 0 Å². The number of hydrogen-bond donors (Lipinski definition) is 1. The van der Waals surface area contributed by atoms with Crippen LogP contribution in [-0.4, -0.2) is 22.0 Å². The third kappa shape index (κ3) is 8.38. The molecule has 1 atom stereocenters. The van der Waals surface area contributed by atoms with E-state index in [-0.39, 0.29) is 5.92 Å². The number of nitrogens with zero attached hydrogens (tertiary/aromatic N) is 3. The number of fused-ring (bicyclic) bond motifs is 6. The van der Waals surface area contributed by atoms with Gasteiger partial charge in [-0.15, -0.1) is 0 Å². The summed E-state index contributed by atoms with van der Waals surface area (Å²) in [5, 5.41) is 4.94. The molecule has 0 aliphatic heterocycles. The van der Waals surface area contributed by atoms with E-state index in [1.165, 1.54) is 65.9 Å². The molecule has 1 unspecified atom stereocenters. The Morgan fingerprint density at radius 3 is 1.77 bits per heavy atom. The molecule has 2 N–H and O–H groups in total. The summed E-state index contributed by atoms with van der Waals surface area (Å²) in [6.45, 7) is 13.0. The van der Waals surface area contributed by atoms with Gasteiger partial charge in [0.1, 0.15) is 5.84 Å². The first-order valence-corrected chi connectivity index (χ1v) is 22.1. The van der Waals surface area contributed by atoms with Crippen LogP contribution in [0.4, 0.5) is 0 Å². The Bertz CT molecular complexity index is 3440. The van der Waals surface area contributed by atoms with Gasteiger partial charge in [0.05, 0.1) is 22.1 Å². The first-order chi connectivity index (χ1) is 31.8. The Kier molecular flexibility index (Phi) is 12.1. The van der Waals surface area contributed by atoms with Crippen molar-refractivity contribution >= 4 is 66.3 Å². The van der Waals surface area contributed by atoms with Crippen LogP contribution in [0.1, 0.15) is 42.0 Å². The van der Waals surface area contributed by atoms with Gasteiger partial charge < -0.3 is 14.9 Å². The summed E-state index contributed by atoms with van der Waals surface area (Å²) >= 11 is 0. The first kappa shape index (κ1) is 42.1. The van der Waals surface area contributed by atoms with Gasteiger partial charge in [-0.25, -0.2) is 0 Å². The molecule has 0 bridgehead atoms. The average molecular weight is 841 g/mol. The summed E-state index contributed by atoms with van der Waals surface area (Å²) in [5.74, 6) is 0.770. The SMILES string of the molecule is C=C/C(=C\C=C(/C)n1c2ccccc2c2ccc(-n3c4ccccc4c4ccc(-c5cccc(C(C)C(=C)c6ccccc6)c5)cc43)cc21)c1ccccc1.CN=C(N)c1ccccc1. The molecule has 0 saturated heterocycles. The standard InChI is InChI=1S/C53H42N2.C8H10N2/c1-5-39(41-19-10-7-11-20-41)28-27-36(2)54-50-25-14-12-23-46(50)49-32-30-45(35-53(49)54)55-51-26-15-13-24-47(51)48-31-29-44(34-52(48)55)43-22-16-21-42(33-43)38(4)37(3)40-17-8-6-9-18-40;1-10-8(9)7-5-3-2-4-6-7/h5-35,38H,1,3H2,2,4H3;2-6H,1H3,(H2,9,10)/b36-27+,39-28+;. The van der Waals surface area contributed by atoms with Crippen molar-refractivity contribution in [2.45, 2.75) is 19.8 Å². The third-order valence-electron chi connectivity index (χ3n) is 12.5. The highest BCUT2D eigenvalue weighted by atomic mass is 15.0. The maximum atomic E-state index is 5.54. The Labute approximate surface area is 382 Å². The predicted octanol–water partition coefficient (Wildman–Crippen LogP) is 15.5. The van der Waals surface area contributed by atoms with E-state index in [0.717, 1.165) is 33.7 Å². The van der Waals surface area contributed by atoms with Crippen molar-refractivity contribution in [3.8, 4) is 16.8 Å². The van der Waals surface area contributed by atoms with Crippen molar-refractivity contribution in [2.75, 3.05) is 7.05 Å². The minimum Gasteiger partial charge on any atom is -0.384 e. The fourth-order valence-electron chi connectivity index (χ4n) is 8.93. The number of rotatable bonds is 10. The normalized spacial score (nSPS) is 12.6.